The monoisotopic (exact) mass is 247 g/mol. The second kappa shape index (κ2) is 6.10. The van der Waals surface area contributed by atoms with E-state index in [0.717, 1.165) is 0 Å². The lowest BCUT2D eigenvalue weighted by atomic mass is 9.78. The van der Waals surface area contributed by atoms with Gasteiger partial charge in [-0.25, -0.2) is 8.78 Å². The number of carbonyl (C=O) groups is 1. The molecule has 1 rings (SSSR count). The van der Waals surface area contributed by atoms with Gasteiger partial charge in [0.15, 0.2) is 0 Å². The zero-order valence-electron chi connectivity index (χ0n) is 10.0. The lowest BCUT2D eigenvalue weighted by molar-refractivity contribution is -0.119. The van der Waals surface area contributed by atoms with Gasteiger partial charge < -0.3 is 10.1 Å². The number of alkyl halides is 2. The first-order valence-corrected chi connectivity index (χ1v) is 5.76. The minimum absolute atomic E-state index is 0.266. The summed E-state index contributed by atoms with van der Waals surface area (Å²) in [5.74, 6) is -0.800. The molecule has 1 N–H and O–H groups in total. The van der Waals surface area contributed by atoms with Crippen molar-refractivity contribution >= 4 is 5.91 Å². The number of methoxy groups -OCH3 is 1. The molecule has 5 heteroatoms. The van der Waals surface area contributed by atoms with Gasteiger partial charge in [-0.1, -0.05) is 6.58 Å². The van der Waals surface area contributed by atoms with Crippen molar-refractivity contribution in [2.75, 3.05) is 13.7 Å². The summed E-state index contributed by atoms with van der Waals surface area (Å²) < 4.78 is 30.5. The second-order valence-electron chi connectivity index (χ2n) is 4.48. The molecular weight excluding hydrogens is 228 g/mol. The van der Waals surface area contributed by atoms with Crippen molar-refractivity contribution in [3.05, 3.63) is 12.7 Å². The van der Waals surface area contributed by atoms with E-state index in [-0.39, 0.29) is 5.91 Å². The van der Waals surface area contributed by atoms with E-state index in [4.69, 9.17) is 4.74 Å². The Morgan fingerprint density at radius 1 is 1.59 bits per heavy atom. The SMILES string of the molecule is C=CC(=O)NCC1(OC)CCC(C(F)F)CC1. The molecule has 1 aliphatic rings. The van der Waals surface area contributed by atoms with Crippen LogP contribution in [-0.2, 0) is 9.53 Å². The molecule has 0 heterocycles. The number of rotatable bonds is 5. The van der Waals surface area contributed by atoms with Gasteiger partial charge in [0.2, 0.25) is 12.3 Å². The van der Waals surface area contributed by atoms with E-state index in [1.165, 1.54) is 6.08 Å². The van der Waals surface area contributed by atoms with Crippen LogP contribution in [0.4, 0.5) is 8.78 Å². The molecule has 0 aliphatic heterocycles. The van der Waals surface area contributed by atoms with Gasteiger partial charge in [-0.05, 0) is 31.8 Å². The minimum atomic E-state index is -2.26. The maximum absolute atomic E-state index is 12.5. The van der Waals surface area contributed by atoms with Crippen LogP contribution in [0.5, 0.6) is 0 Å². The molecule has 0 spiro atoms. The van der Waals surface area contributed by atoms with Crippen molar-refractivity contribution in [3.63, 3.8) is 0 Å². The van der Waals surface area contributed by atoms with Crippen molar-refractivity contribution in [1.29, 1.82) is 0 Å². The van der Waals surface area contributed by atoms with Crippen molar-refractivity contribution in [3.8, 4) is 0 Å². The van der Waals surface area contributed by atoms with Crippen LogP contribution >= 0.6 is 0 Å². The third-order valence-corrected chi connectivity index (χ3v) is 3.50. The predicted molar refractivity (Wildman–Crippen MR) is 60.9 cm³/mol. The summed E-state index contributed by atoms with van der Waals surface area (Å²) in [5, 5.41) is 2.67. The van der Waals surface area contributed by atoms with E-state index in [1.807, 2.05) is 0 Å². The molecule has 17 heavy (non-hydrogen) atoms. The molecular formula is C12H19F2NO2. The molecule has 1 aliphatic carbocycles. The summed E-state index contributed by atoms with van der Waals surface area (Å²) in [5.41, 5.74) is -0.496. The number of carbonyl (C=O) groups excluding carboxylic acids is 1. The highest BCUT2D eigenvalue weighted by molar-refractivity contribution is 5.86. The largest absolute Gasteiger partial charge is 0.376 e. The normalized spacial score (nSPS) is 29.1. The summed E-state index contributed by atoms with van der Waals surface area (Å²) in [6, 6.07) is 0. The molecule has 0 aromatic heterocycles. The number of hydrogen-bond acceptors (Lipinski definition) is 2. The number of halogens is 2. The van der Waals surface area contributed by atoms with E-state index in [0.29, 0.717) is 32.2 Å². The summed E-state index contributed by atoms with van der Waals surface area (Å²) in [6.07, 6.45) is 0.915. The van der Waals surface area contributed by atoms with Crippen molar-refractivity contribution in [1.82, 2.24) is 5.32 Å². The lowest BCUT2D eigenvalue weighted by Crippen LogP contribution is -2.47. The number of amides is 1. The first kappa shape index (κ1) is 14.1. The molecule has 1 fully saturated rings. The average Bonchev–Trinajstić information content (AvgIpc) is 2.36. The van der Waals surface area contributed by atoms with Crippen LogP contribution < -0.4 is 5.32 Å². The molecule has 3 nitrogen and oxygen atoms in total. The fourth-order valence-electron chi connectivity index (χ4n) is 2.19. The van der Waals surface area contributed by atoms with E-state index < -0.39 is 17.9 Å². The Kier molecular flexibility index (Phi) is 5.05. The fourth-order valence-corrected chi connectivity index (χ4v) is 2.19. The third-order valence-electron chi connectivity index (χ3n) is 3.50. The van der Waals surface area contributed by atoms with Crippen LogP contribution in [0, 0.1) is 5.92 Å². The summed E-state index contributed by atoms with van der Waals surface area (Å²) in [4.78, 5) is 11.1. The van der Waals surface area contributed by atoms with E-state index >= 15 is 0 Å². The summed E-state index contributed by atoms with van der Waals surface area (Å²) >= 11 is 0. The second-order valence-corrected chi connectivity index (χ2v) is 4.48. The molecule has 0 unspecified atom stereocenters. The van der Waals surface area contributed by atoms with Gasteiger partial charge in [0.05, 0.1) is 5.60 Å². The third kappa shape index (κ3) is 3.77. The van der Waals surface area contributed by atoms with Gasteiger partial charge in [0.1, 0.15) is 0 Å². The van der Waals surface area contributed by atoms with Crippen molar-refractivity contribution in [2.24, 2.45) is 5.92 Å². The summed E-state index contributed by atoms with van der Waals surface area (Å²) in [7, 11) is 1.56. The highest BCUT2D eigenvalue weighted by Crippen LogP contribution is 2.36. The van der Waals surface area contributed by atoms with Gasteiger partial charge in [-0.2, -0.15) is 0 Å². The molecule has 0 aromatic carbocycles. The van der Waals surface area contributed by atoms with Crippen LogP contribution in [0.2, 0.25) is 0 Å². The highest BCUT2D eigenvalue weighted by atomic mass is 19.3. The fraction of sp³-hybridized carbons (Fsp3) is 0.750. The van der Waals surface area contributed by atoms with Gasteiger partial charge >= 0.3 is 0 Å². The Bertz CT molecular complexity index is 274. The van der Waals surface area contributed by atoms with Crippen LogP contribution in [-0.4, -0.2) is 31.6 Å². The van der Waals surface area contributed by atoms with Crippen LogP contribution in [0.3, 0.4) is 0 Å². The molecule has 0 aromatic rings. The quantitative estimate of drug-likeness (QED) is 0.756. The van der Waals surface area contributed by atoms with Crippen molar-refractivity contribution in [2.45, 2.75) is 37.7 Å². The highest BCUT2D eigenvalue weighted by Gasteiger charge is 2.38. The zero-order valence-corrected chi connectivity index (χ0v) is 10.0. The lowest BCUT2D eigenvalue weighted by Gasteiger charge is -2.38. The topological polar surface area (TPSA) is 38.3 Å². The van der Waals surface area contributed by atoms with Gasteiger partial charge in [-0.3, -0.25) is 4.79 Å². The Morgan fingerprint density at radius 2 is 2.18 bits per heavy atom. The predicted octanol–water partition coefficient (Wildman–Crippen LogP) is 2.13. The van der Waals surface area contributed by atoms with Gasteiger partial charge in [-0.15, -0.1) is 0 Å². The van der Waals surface area contributed by atoms with E-state index in [9.17, 15) is 13.6 Å². The Morgan fingerprint density at radius 3 is 2.59 bits per heavy atom. The van der Waals surface area contributed by atoms with E-state index in [2.05, 4.69) is 11.9 Å². The molecule has 0 bridgehead atoms. The van der Waals surface area contributed by atoms with E-state index in [1.54, 1.807) is 7.11 Å². The first-order valence-electron chi connectivity index (χ1n) is 5.76. The Labute approximate surface area is 100 Å². The van der Waals surface area contributed by atoms with Crippen LogP contribution in [0.25, 0.3) is 0 Å². The molecule has 0 atom stereocenters. The molecule has 0 radical (unpaired) electrons. The maximum atomic E-state index is 12.5. The van der Waals surface area contributed by atoms with Crippen LogP contribution in [0.15, 0.2) is 12.7 Å². The van der Waals surface area contributed by atoms with Gasteiger partial charge in [0.25, 0.3) is 0 Å². The number of hydrogen-bond donors (Lipinski definition) is 1. The maximum Gasteiger partial charge on any atom is 0.243 e. The number of ether oxygens (including phenoxy) is 1. The summed E-state index contributed by atoms with van der Waals surface area (Å²) in [6.45, 7) is 3.71. The smallest absolute Gasteiger partial charge is 0.243 e. The Hall–Kier alpha value is -0.970. The van der Waals surface area contributed by atoms with Crippen molar-refractivity contribution < 1.29 is 18.3 Å². The molecule has 1 amide bonds. The molecule has 1 saturated carbocycles. The number of nitrogens with one attached hydrogen (secondary N) is 1. The standard InChI is InChI=1S/C12H19F2NO2/c1-3-10(16)15-8-12(17-2)6-4-9(5-7-12)11(13)14/h3,9,11H,1,4-8H2,2H3,(H,15,16). The molecule has 98 valence electrons. The van der Waals surface area contributed by atoms with Gasteiger partial charge in [0, 0.05) is 19.6 Å². The average molecular weight is 247 g/mol. The Balaban J connectivity index is 2.49. The minimum Gasteiger partial charge on any atom is -0.376 e. The first-order chi connectivity index (χ1) is 8.03. The van der Waals surface area contributed by atoms with Crippen LogP contribution in [0.1, 0.15) is 25.7 Å². The molecule has 0 saturated heterocycles. The zero-order chi connectivity index (χ0) is 12.9.